The van der Waals surface area contributed by atoms with E-state index in [9.17, 15) is 23.6 Å². The lowest BCUT2D eigenvalue weighted by Gasteiger charge is -2.23. The molecule has 2 aromatic rings. The van der Waals surface area contributed by atoms with Gasteiger partial charge in [0.15, 0.2) is 0 Å². The minimum Gasteiger partial charge on any atom is -0.435 e. The molecule has 0 aliphatic carbocycles. The second-order valence-electron chi connectivity index (χ2n) is 8.51. The maximum Gasteiger partial charge on any atom is 0.387 e. The lowest BCUT2D eigenvalue weighted by Crippen LogP contribution is -2.41. The number of alkyl halides is 2. The van der Waals surface area contributed by atoms with Crippen molar-refractivity contribution < 1.29 is 27.3 Å². The topological polar surface area (TPSA) is 91.7 Å². The van der Waals surface area contributed by atoms with Crippen molar-refractivity contribution >= 4 is 35.2 Å². The van der Waals surface area contributed by atoms with Gasteiger partial charge >= 0.3 is 6.61 Å². The molecule has 1 N–H and O–H groups in total. The highest BCUT2D eigenvalue weighted by Crippen LogP contribution is 2.48. The van der Waals surface area contributed by atoms with Gasteiger partial charge in [-0.25, -0.2) is 0 Å². The zero-order valence-electron chi connectivity index (χ0n) is 18.1. The molecule has 1 fully saturated rings. The summed E-state index contributed by atoms with van der Waals surface area (Å²) >= 11 is 1.18. The second-order valence-corrected chi connectivity index (χ2v) is 9.82. The maximum absolute atomic E-state index is 13.4. The summed E-state index contributed by atoms with van der Waals surface area (Å²) in [5.74, 6) is -0.850. The first kappa shape index (κ1) is 23.0. The molecule has 172 valence electrons. The number of ether oxygens (including phenoxy) is 1. The fraction of sp³-hybridized carbons (Fsp3) is 0.348. The van der Waals surface area contributed by atoms with Crippen LogP contribution in [0.25, 0.3) is 0 Å². The number of fused-ring (bicyclic) bond motifs is 1. The molecule has 4 rings (SSSR count). The summed E-state index contributed by atoms with van der Waals surface area (Å²) in [4.78, 5) is 27.1. The van der Waals surface area contributed by atoms with Gasteiger partial charge < -0.3 is 14.2 Å². The molecule has 0 radical (unpaired) electrons. The average molecular weight is 474 g/mol. The van der Waals surface area contributed by atoms with E-state index >= 15 is 0 Å². The third kappa shape index (κ3) is 4.14. The Bertz CT molecular complexity index is 1170. The van der Waals surface area contributed by atoms with E-state index in [0.29, 0.717) is 24.3 Å². The molecule has 2 aliphatic heterocycles. The molecule has 1 atom stereocenters. The number of carbonyl (C=O) groups is 2. The zero-order chi connectivity index (χ0) is 24.0. The minimum absolute atomic E-state index is 0.111. The van der Waals surface area contributed by atoms with Crippen LogP contribution in [0.15, 0.2) is 36.4 Å². The Labute approximate surface area is 193 Å². The molecule has 33 heavy (non-hydrogen) atoms. The van der Waals surface area contributed by atoms with Crippen LogP contribution in [0.1, 0.15) is 48.7 Å². The summed E-state index contributed by atoms with van der Waals surface area (Å²) in [6, 6.07) is 10.8. The Morgan fingerprint density at radius 1 is 1.30 bits per heavy atom. The smallest absolute Gasteiger partial charge is 0.387 e. The van der Waals surface area contributed by atoms with Gasteiger partial charge in [0.1, 0.15) is 16.7 Å². The second kappa shape index (κ2) is 8.32. The number of hydrogen-bond donors (Lipinski definition) is 1. The van der Waals surface area contributed by atoms with E-state index < -0.39 is 16.9 Å². The number of anilines is 2. The van der Waals surface area contributed by atoms with E-state index in [4.69, 9.17) is 4.18 Å². The standard InChI is InChI=1S/C23H21F2N3O4S/c1-22(2)17-10-13(19(29)27-23(3)7-8-31-33-23)9-14(12-26)18(17)28(20(22)30)15-5-4-6-16(11-15)32-21(24)25/h4-6,9-11,21H,7-8H2,1-3H3,(H,27,29). The summed E-state index contributed by atoms with van der Waals surface area (Å²) < 4.78 is 35.1. The number of nitriles is 1. The highest BCUT2D eigenvalue weighted by atomic mass is 32.2. The van der Waals surface area contributed by atoms with Crippen molar-refractivity contribution in [3.63, 3.8) is 0 Å². The minimum atomic E-state index is -3.01. The number of rotatable bonds is 5. The molecule has 0 spiro atoms. The van der Waals surface area contributed by atoms with Crippen LogP contribution in [0, 0.1) is 11.3 Å². The van der Waals surface area contributed by atoms with Gasteiger partial charge in [-0.05, 0) is 50.6 Å². The predicted octanol–water partition coefficient (Wildman–Crippen LogP) is 4.63. The maximum atomic E-state index is 13.4. The van der Waals surface area contributed by atoms with Gasteiger partial charge in [0.05, 0.1) is 29.0 Å². The van der Waals surface area contributed by atoms with Gasteiger partial charge in [-0.15, -0.1) is 0 Å². The van der Waals surface area contributed by atoms with Gasteiger partial charge in [0, 0.05) is 30.1 Å². The van der Waals surface area contributed by atoms with Gasteiger partial charge in [-0.1, -0.05) is 6.07 Å². The molecule has 0 bridgehead atoms. The van der Waals surface area contributed by atoms with Crippen molar-refractivity contribution in [1.29, 1.82) is 5.26 Å². The third-order valence-electron chi connectivity index (χ3n) is 5.71. The quantitative estimate of drug-likeness (QED) is 0.637. The number of benzene rings is 2. The molecule has 10 heteroatoms. The number of nitrogens with one attached hydrogen (secondary N) is 1. The number of halogens is 2. The first-order valence-electron chi connectivity index (χ1n) is 10.2. The molecule has 1 saturated heterocycles. The molecular weight excluding hydrogens is 452 g/mol. The Morgan fingerprint density at radius 3 is 2.70 bits per heavy atom. The van der Waals surface area contributed by atoms with Crippen LogP contribution >= 0.6 is 12.0 Å². The fourth-order valence-corrected chi connectivity index (χ4v) is 4.68. The molecule has 2 amide bonds. The van der Waals surface area contributed by atoms with Crippen molar-refractivity contribution in [1.82, 2.24) is 5.32 Å². The molecule has 2 aliphatic rings. The van der Waals surface area contributed by atoms with Crippen LogP contribution in [-0.4, -0.2) is 29.9 Å². The van der Waals surface area contributed by atoms with E-state index in [-0.39, 0.29) is 34.4 Å². The summed E-state index contributed by atoms with van der Waals surface area (Å²) in [7, 11) is 0. The first-order valence-corrected chi connectivity index (χ1v) is 10.9. The van der Waals surface area contributed by atoms with E-state index in [1.54, 1.807) is 26.0 Å². The van der Waals surface area contributed by atoms with E-state index in [1.165, 1.54) is 41.2 Å². The van der Waals surface area contributed by atoms with Crippen LogP contribution in [-0.2, 0) is 14.4 Å². The van der Waals surface area contributed by atoms with E-state index in [1.807, 2.05) is 6.92 Å². The Morgan fingerprint density at radius 2 is 2.06 bits per heavy atom. The van der Waals surface area contributed by atoms with Gasteiger partial charge in [0.25, 0.3) is 5.91 Å². The van der Waals surface area contributed by atoms with Crippen molar-refractivity contribution in [3.05, 3.63) is 53.1 Å². The molecule has 7 nitrogen and oxygen atoms in total. The zero-order valence-corrected chi connectivity index (χ0v) is 19.0. The Hall–Kier alpha value is -3.16. The molecule has 2 aromatic carbocycles. The van der Waals surface area contributed by atoms with Gasteiger partial charge in [0.2, 0.25) is 5.91 Å². The predicted molar refractivity (Wildman–Crippen MR) is 118 cm³/mol. The summed E-state index contributed by atoms with van der Waals surface area (Å²) in [5.41, 5.74) is 0.409. The summed E-state index contributed by atoms with van der Waals surface area (Å²) in [6.07, 6.45) is 0.633. The first-order chi connectivity index (χ1) is 15.6. The SMILES string of the molecule is CC1(NC(=O)c2cc(C#N)c3c(c2)C(C)(C)C(=O)N3c2cccc(OC(F)F)c2)CCOS1. The Balaban J connectivity index is 1.79. The normalized spacial score (nSPS) is 21.1. The van der Waals surface area contributed by atoms with Gasteiger partial charge in [-0.2, -0.15) is 14.0 Å². The lowest BCUT2D eigenvalue weighted by molar-refractivity contribution is -0.121. The molecule has 0 aromatic heterocycles. The lowest BCUT2D eigenvalue weighted by atomic mass is 9.84. The van der Waals surface area contributed by atoms with Crippen LogP contribution in [0.2, 0.25) is 0 Å². The van der Waals surface area contributed by atoms with Crippen molar-refractivity contribution in [2.75, 3.05) is 11.5 Å². The van der Waals surface area contributed by atoms with Crippen molar-refractivity contribution in [2.24, 2.45) is 0 Å². The molecule has 1 unspecified atom stereocenters. The molecular formula is C23H21F2N3O4S. The number of hydrogen-bond acceptors (Lipinski definition) is 6. The number of amides is 2. The fourth-order valence-electron chi connectivity index (χ4n) is 3.95. The van der Waals surface area contributed by atoms with E-state index in [2.05, 4.69) is 16.1 Å². The Kier molecular flexibility index (Phi) is 5.80. The van der Waals surface area contributed by atoms with Crippen LogP contribution in [0.3, 0.4) is 0 Å². The summed E-state index contributed by atoms with van der Waals surface area (Å²) in [5, 5.41) is 12.8. The number of nitrogens with zero attached hydrogens (tertiary/aromatic N) is 2. The number of carbonyl (C=O) groups excluding carboxylic acids is 2. The van der Waals surface area contributed by atoms with Crippen LogP contribution in [0.5, 0.6) is 5.75 Å². The largest absolute Gasteiger partial charge is 0.435 e. The molecule has 0 saturated carbocycles. The average Bonchev–Trinajstić information content (AvgIpc) is 3.26. The van der Waals surface area contributed by atoms with E-state index in [0.717, 1.165) is 0 Å². The third-order valence-corrected chi connectivity index (χ3v) is 6.67. The van der Waals surface area contributed by atoms with Crippen molar-refractivity contribution in [2.45, 2.75) is 44.1 Å². The summed E-state index contributed by atoms with van der Waals surface area (Å²) in [6.45, 7) is 2.74. The van der Waals surface area contributed by atoms with Crippen LogP contribution < -0.4 is 15.0 Å². The van der Waals surface area contributed by atoms with Crippen molar-refractivity contribution in [3.8, 4) is 11.8 Å². The highest BCUT2D eigenvalue weighted by molar-refractivity contribution is 7.96. The molecule has 2 heterocycles. The van der Waals surface area contributed by atoms with Crippen LogP contribution in [0.4, 0.5) is 20.2 Å². The monoisotopic (exact) mass is 473 g/mol. The highest BCUT2D eigenvalue weighted by Gasteiger charge is 2.47. The van der Waals surface area contributed by atoms with Gasteiger partial charge in [-0.3, -0.25) is 14.5 Å².